The molecule has 0 radical (unpaired) electrons. The molecule has 1 aromatic carbocycles. The summed E-state index contributed by atoms with van der Waals surface area (Å²) in [5.74, 6) is -0.535. The van der Waals surface area contributed by atoms with E-state index in [1.165, 1.54) is 18.2 Å². The summed E-state index contributed by atoms with van der Waals surface area (Å²) in [6.45, 7) is 4.62. The fourth-order valence-corrected chi connectivity index (χ4v) is 3.34. The number of amides is 1. The van der Waals surface area contributed by atoms with E-state index >= 15 is 0 Å². The molecule has 2 heterocycles. The molecule has 0 unspecified atom stereocenters. The van der Waals surface area contributed by atoms with Crippen LogP contribution in [0, 0.1) is 5.82 Å². The molecule has 1 amide bonds. The summed E-state index contributed by atoms with van der Waals surface area (Å²) in [6.07, 6.45) is 2.35. The van der Waals surface area contributed by atoms with Gasteiger partial charge >= 0.3 is 0 Å². The van der Waals surface area contributed by atoms with Crippen molar-refractivity contribution in [2.45, 2.75) is 12.1 Å². The molecule has 5 nitrogen and oxygen atoms in total. The van der Waals surface area contributed by atoms with Crippen molar-refractivity contribution in [1.29, 1.82) is 0 Å². The third-order valence-corrected chi connectivity index (χ3v) is 4.89. The first kappa shape index (κ1) is 17.1. The Morgan fingerprint density at radius 3 is 2.62 bits per heavy atom. The van der Waals surface area contributed by atoms with E-state index in [4.69, 9.17) is 0 Å². The summed E-state index contributed by atoms with van der Waals surface area (Å²) < 4.78 is 13.6. The van der Waals surface area contributed by atoms with Gasteiger partial charge in [0.1, 0.15) is 5.82 Å². The molecule has 2 saturated heterocycles. The van der Waals surface area contributed by atoms with Crippen molar-refractivity contribution in [3.05, 3.63) is 41.7 Å². The topological polar surface area (TPSA) is 47.0 Å². The molecule has 2 aliphatic rings. The predicted octanol–water partition coefficient (Wildman–Crippen LogP) is 0.658. The number of piperazine rings is 1. The minimum atomic E-state index is -0.529. The first-order valence-corrected chi connectivity index (χ1v) is 8.37. The Bertz CT molecular complexity index is 614. The van der Waals surface area contributed by atoms with E-state index < -0.39 is 6.10 Å². The Balaban J connectivity index is 1.60. The lowest BCUT2D eigenvalue weighted by Gasteiger charge is -2.37. The normalized spacial score (nSPS) is 26.4. The fourth-order valence-electron chi connectivity index (χ4n) is 3.34. The van der Waals surface area contributed by atoms with Crippen molar-refractivity contribution in [1.82, 2.24) is 14.7 Å². The molecular weight excluding hydrogens is 309 g/mol. The first-order chi connectivity index (χ1) is 11.5. The van der Waals surface area contributed by atoms with Gasteiger partial charge in [0.25, 0.3) is 0 Å². The van der Waals surface area contributed by atoms with Crippen LogP contribution in [0.25, 0.3) is 6.08 Å². The minimum Gasteiger partial charge on any atom is -0.390 e. The summed E-state index contributed by atoms with van der Waals surface area (Å²) >= 11 is 0. The number of likely N-dealkylation sites (tertiary alicyclic amines) is 1. The average Bonchev–Trinajstić information content (AvgIpc) is 2.96. The number of nitrogens with zero attached hydrogens (tertiary/aromatic N) is 3. The molecule has 1 N–H and O–H groups in total. The largest absolute Gasteiger partial charge is 0.390 e. The van der Waals surface area contributed by atoms with Gasteiger partial charge in [0, 0.05) is 50.9 Å². The van der Waals surface area contributed by atoms with E-state index in [2.05, 4.69) is 16.8 Å². The number of aliphatic hydroxyl groups is 1. The fraction of sp³-hybridized carbons (Fsp3) is 0.500. The van der Waals surface area contributed by atoms with Gasteiger partial charge in [-0.25, -0.2) is 4.39 Å². The Labute approximate surface area is 142 Å². The lowest BCUT2D eigenvalue weighted by atomic mass is 10.1. The van der Waals surface area contributed by atoms with Crippen LogP contribution >= 0.6 is 0 Å². The number of hydrogen-bond donors (Lipinski definition) is 1. The highest BCUT2D eigenvalue weighted by molar-refractivity contribution is 5.92. The second-order valence-corrected chi connectivity index (χ2v) is 6.57. The monoisotopic (exact) mass is 333 g/mol. The summed E-state index contributed by atoms with van der Waals surface area (Å²) in [6, 6.07) is 6.34. The van der Waals surface area contributed by atoms with Crippen molar-refractivity contribution in [3.63, 3.8) is 0 Å². The van der Waals surface area contributed by atoms with Gasteiger partial charge < -0.3 is 14.9 Å². The van der Waals surface area contributed by atoms with Crippen LogP contribution < -0.4 is 0 Å². The standard InChI is InChI=1S/C18H24FN3O2/c1-20-8-10-21(11-9-20)16-12-22(13-17(16)23)18(24)7-6-14-4-2-3-5-15(14)19/h2-7,16-17,23H,8-13H2,1H3/t16-,17-/m1/s1. The maximum Gasteiger partial charge on any atom is 0.246 e. The van der Waals surface area contributed by atoms with Crippen LogP contribution in [0.4, 0.5) is 4.39 Å². The van der Waals surface area contributed by atoms with Gasteiger partial charge in [-0.1, -0.05) is 18.2 Å². The van der Waals surface area contributed by atoms with Crippen molar-refractivity contribution in [2.75, 3.05) is 46.3 Å². The maximum absolute atomic E-state index is 13.6. The number of rotatable bonds is 3. The van der Waals surface area contributed by atoms with Gasteiger partial charge in [-0.05, 0) is 19.2 Å². The number of benzene rings is 1. The predicted molar refractivity (Wildman–Crippen MR) is 90.9 cm³/mol. The average molecular weight is 333 g/mol. The van der Waals surface area contributed by atoms with Crippen molar-refractivity contribution in [2.24, 2.45) is 0 Å². The molecular formula is C18H24FN3O2. The van der Waals surface area contributed by atoms with E-state index in [9.17, 15) is 14.3 Å². The zero-order valence-corrected chi connectivity index (χ0v) is 13.9. The molecule has 24 heavy (non-hydrogen) atoms. The number of hydrogen-bond acceptors (Lipinski definition) is 4. The third kappa shape index (κ3) is 3.83. The molecule has 0 bridgehead atoms. The van der Waals surface area contributed by atoms with Crippen LogP contribution in [0.15, 0.2) is 30.3 Å². The molecule has 0 saturated carbocycles. The van der Waals surface area contributed by atoms with Crippen LogP contribution in [0.2, 0.25) is 0 Å². The zero-order valence-electron chi connectivity index (χ0n) is 13.9. The quantitative estimate of drug-likeness (QED) is 0.826. The van der Waals surface area contributed by atoms with Crippen LogP contribution in [0.1, 0.15) is 5.56 Å². The summed E-state index contributed by atoms with van der Waals surface area (Å²) in [5, 5.41) is 10.3. The van der Waals surface area contributed by atoms with E-state index in [1.807, 2.05) is 0 Å². The highest BCUT2D eigenvalue weighted by Gasteiger charge is 2.37. The Kier molecular flexibility index (Phi) is 5.28. The van der Waals surface area contributed by atoms with Gasteiger partial charge in [0.05, 0.1) is 12.1 Å². The Morgan fingerprint density at radius 2 is 1.92 bits per heavy atom. The van der Waals surface area contributed by atoms with Crippen LogP contribution in [0.3, 0.4) is 0 Å². The second-order valence-electron chi connectivity index (χ2n) is 6.57. The SMILES string of the molecule is CN1CCN([C@@H]2CN(C(=O)C=Cc3ccccc3F)C[C@H]2O)CC1. The van der Waals surface area contributed by atoms with E-state index in [0.29, 0.717) is 18.7 Å². The molecule has 0 aliphatic carbocycles. The highest BCUT2D eigenvalue weighted by atomic mass is 19.1. The molecule has 6 heteroatoms. The Hall–Kier alpha value is -1.76. The molecule has 3 rings (SSSR count). The van der Waals surface area contributed by atoms with Crippen molar-refractivity contribution in [3.8, 4) is 0 Å². The Morgan fingerprint density at radius 1 is 1.21 bits per heavy atom. The van der Waals surface area contributed by atoms with Crippen LogP contribution in [-0.2, 0) is 4.79 Å². The third-order valence-electron chi connectivity index (χ3n) is 4.89. The van der Waals surface area contributed by atoms with E-state index in [-0.39, 0.29) is 17.8 Å². The smallest absolute Gasteiger partial charge is 0.246 e. The molecule has 2 aliphatic heterocycles. The van der Waals surface area contributed by atoms with Gasteiger partial charge in [0.15, 0.2) is 0 Å². The number of likely N-dealkylation sites (N-methyl/N-ethyl adjacent to an activating group) is 1. The lowest BCUT2D eigenvalue weighted by Crippen LogP contribution is -2.52. The number of carbonyl (C=O) groups excluding carboxylic acids is 1. The number of β-amino-alcohol motifs (C(OH)–C–C–N with tert-alkyl or cyclic N) is 1. The van der Waals surface area contributed by atoms with Gasteiger partial charge in [0.2, 0.25) is 5.91 Å². The molecule has 130 valence electrons. The zero-order chi connectivity index (χ0) is 17.1. The van der Waals surface area contributed by atoms with E-state index in [1.54, 1.807) is 23.1 Å². The molecule has 2 atom stereocenters. The van der Waals surface area contributed by atoms with Crippen LogP contribution in [0.5, 0.6) is 0 Å². The van der Waals surface area contributed by atoms with E-state index in [0.717, 1.165) is 26.2 Å². The van der Waals surface area contributed by atoms with Gasteiger partial charge in [-0.15, -0.1) is 0 Å². The summed E-state index contributed by atoms with van der Waals surface area (Å²) in [5.41, 5.74) is 0.390. The van der Waals surface area contributed by atoms with Crippen LogP contribution in [-0.4, -0.2) is 84.2 Å². The summed E-state index contributed by atoms with van der Waals surface area (Å²) in [7, 11) is 2.09. The lowest BCUT2D eigenvalue weighted by molar-refractivity contribution is -0.125. The molecule has 0 spiro atoms. The number of halogens is 1. The first-order valence-electron chi connectivity index (χ1n) is 8.37. The van der Waals surface area contributed by atoms with Crippen molar-refractivity contribution >= 4 is 12.0 Å². The van der Waals surface area contributed by atoms with Gasteiger partial charge in [-0.3, -0.25) is 9.69 Å². The molecule has 2 fully saturated rings. The molecule has 1 aromatic rings. The number of carbonyl (C=O) groups is 1. The highest BCUT2D eigenvalue weighted by Crippen LogP contribution is 2.19. The summed E-state index contributed by atoms with van der Waals surface area (Å²) in [4.78, 5) is 18.5. The second kappa shape index (κ2) is 7.42. The minimum absolute atomic E-state index is 0.00971. The van der Waals surface area contributed by atoms with Gasteiger partial charge in [-0.2, -0.15) is 0 Å². The number of aliphatic hydroxyl groups excluding tert-OH is 1. The van der Waals surface area contributed by atoms with Crippen molar-refractivity contribution < 1.29 is 14.3 Å². The maximum atomic E-state index is 13.6. The molecule has 0 aromatic heterocycles.